The Bertz CT molecular complexity index is 744. The summed E-state index contributed by atoms with van der Waals surface area (Å²) in [6, 6.07) is 12.6. The number of pyridine rings is 1. The van der Waals surface area contributed by atoms with Gasteiger partial charge in [0.05, 0.1) is 10.9 Å². The van der Waals surface area contributed by atoms with E-state index in [1.807, 2.05) is 6.07 Å². The number of rotatable bonds is 2. The van der Waals surface area contributed by atoms with Crippen LogP contribution in [0, 0.1) is 0 Å². The number of hydrogen-bond donors (Lipinski definition) is 1. The summed E-state index contributed by atoms with van der Waals surface area (Å²) in [7, 11) is 0. The number of imidazole rings is 1. The molecular formula is C15H12BrN3. The molecule has 2 aromatic heterocycles. The van der Waals surface area contributed by atoms with Crippen molar-refractivity contribution in [2.45, 2.75) is 18.3 Å². The lowest BCUT2D eigenvalue weighted by atomic mass is 9.95. The highest BCUT2D eigenvalue weighted by Crippen LogP contribution is 2.52. The maximum absolute atomic E-state index is 4.68. The molecular weight excluding hydrogens is 302 g/mol. The first-order valence-electron chi connectivity index (χ1n) is 6.35. The van der Waals surface area contributed by atoms with E-state index in [1.165, 1.54) is 5.56 Å². The number of fused-ring (bicyclic) bond motifs is 1. The third-order valence-corrected chi connectivity index (χ3v) is 4.27. The summed E-state index contributed by atoms with van der Waals surface area (Å²) in [5.74, 6) is 1.04. The van der Waals surface area contributed by atoms with Gasteiger partial charge < -0.3 is 4.98 Å². The summed E-state index contributed by atoms with van der Waals surface area (Å²) in [5.41, 5.74) is 3.20. The summed E-state index contributed by atoms with van der Waals surface area (Å²) in [4.78, 5) is 12.5. The van der Waals surface area contributed by atoms with Gasteiger partial charge in [-0.3, -0.25) is 0 Å². The van der Waals surface area contributed by atoms with E-state index in [0.29, 0.717) is 0 Å². The van der Waals surface area contributed by atoms with E-state index in [4.69, 9.17) is 0 Å². The number of aromatic amines is 1. The quantitative estimate of drug-likeness (QED) is 0.782. The molecule has 1 saturated carbocycles. The van der Waals surface area contributed by atoms with Crippen molar-refractivity contribution in [3.8, 4) is 0 Å². The molecule has 3 aromatic rings. The molecule has 94 valence electrons. The lowest BCUT2D eigenvalue weighted by molar-refractivity contribution is 0.778. The number of nitrogens with zero attached hydrogens (tertiary/aromatic N) is 2. The van der Waals surface area contributed by atoms with Gasteiger partial charge in [0.1, 0.15) is 5.82 Å². The SMILES string of the molecule is Brc1cnc2nc(C3(c4ccccc4)CC3)[nH]c2c1. The number of halogens is 1. The van der Waals surface area contributed by atoms with Crippen LogP contribution >= 0.6 is 15.9 Å². The Balaban J connectivity index is 1.86. The highest BCUT2D eigenvalue weighted by molar-refractivity contribution is 9.10. The van der Waals surface area contributed by atoms with E-state index in [9.17, 15) is 0 Å². The maximum atomic E-state index is 4.68. The molecule has 1 fully saturated rings. The van der Waals surface area contributed by atoms with E-state index in [-0.39, 0.29) is 5.41 Å². The van der Waals surface area contributed by atoms with Crippen molar-refractivity contribution < 1.29 is 0 Å². The van der Waals surface area contributed by atoms with Crippen LogP contribution in [0.4, 0.5) is 0 Å². The van der Waals surface area contributed by atoms with Crippen LogP contribution in [0.1, 0.15) is 24.2 Å². The van der Waals surface area contributed by atoms with Gasteiger partial charge in [0.15, 0.2) is 5.65 Å². The van der Waals surface area contributed by atoms with Crippen LogP contribution in [0.3, 0.4) is 0 Å². The summed E-state index contributed by atoms with van der Waals surface area (Å²) in [6.07, 6.45) is 4.09. The molecule has 0 aliphatic heterocycles. The molecule has 1 aromatic carbocycles. The highest BCUT2D eigenvalue weighted by Gasteiger charge is 2.48. The topological polar surface area (TPSA) is 41.6 Å². The molecule has 1 aliphatic carbocycles. The van der Waals surface area contributed by atoms with E-state index in [0.717, 1.165) is 34.3 Å². The third kappa shape index (κ3) is 1.70. The van der Waals surface area contributed by atoms with Gasteiger partial charge in [-0.05, 0) is 40.4 Å². The van der Waals surface area contributed by atoms with Crippen LogP contribution < -0.4 is 0 Å². The van der Waals surface area contributed by atoms with Crippen molar-refractivity contribution in [1.82, 2.24) is 15.0 Å². The normalized spacial score (nSPS) is 16.7. The Hall–Kier alpha value is -1.68. The molecule has 0 bridgehead atoms. The molecule has 1 N–H and O–H groups in total. The monoisotopic (exact) mass is 313 g/mol. The summed E-state index contributed by atoms with van der Waals surface area (Å²) < 4.78 is 0.972. The largest absolute Gasteiger partial charge is 0.340 e. The standard InChI is InChI=1S/C15H12BrN3/c16-11-8-12-13(17-9-11)19-14(18-12)15(6-7-15)10-4-2-1-3-5-10/h1-5,8-9H,6-7H2,(H,17,18,19). The first-order chi connectivity index (χ1) is 9.28. The van der Waals surface area contributed by atoms with Crippen LogP contribution in [0.25, 0.3) is 11.2 Å². The predicted molar refractivity (Wildman–Crippen MR) is 78.0 cm³/mol. The minimum absolute atomic E-state index is 0.0778. The molecule has 1 aliphatic rings. The Morgan fingerprint density at radius 3 is 2.68 bits per heavy atom. The van der Waals surface area contributed by atoms with E-state index < -0.39 is 0 Å². The average Bonchev–Trinajstić information content (AvgIpc) is 3.14. The summed E-state index contributed by atoms with van der Waals surface area (Å²) in [5, 5.41) is 0. The second kappa shape index (κ2) is 3.90. The zero-order chi connectivity index (χ0) is 12.9. The fourth-order valence-electron chi connectivity index (χ4n) is 2.65. The van der Waals surface area contributed by atoms with Gasteiger partial charge in [-0.1, -0.05) is 30.3 Å². The van der Waals surface area contributed by atoms with Crippen molar-refractivity contribution in [3.63, 3.8) is 0 Å². The molecule has 0 radical (unpaired) electrons. The fourth-order valence-corrected chi connectivity index (χ4v) is 2.98. The number of hydrogen-bond acceptors (Lipinski definition) is 2. The first kappa shape index (κ1) is 11.2. The Labute approximate surface area is 119 Å². The van der Waals surface area contributed by atoms with Crippen LogP contribution in [0.15, 0.2) is 47.1 Å². The van der Waals surface area contributed by atoms with Crippen molar-refractivity contribution in [3.05, 3.63) is 58.5 Å². The maximum Gasteiger partial charge on any atom is 0.177 e. The van der Waals surface area contributed by atoms with E-state index in [2.05, 4.69) is 61.2 Å². The average molecular weight is 314 g/mol. The van der Waals surface area contributed by atoms with Crippen LogP contribution in [0.2, 0.25) is 0 Å². The van der Waals surface area contributed by atoms with Crippen molar-refractivity contribution >= 4 is 27.1 Å². The molecule has 4 heteroatoms. The number of benzene rings is 1. The van der Waals surface area contributed by atoms with Crippen molar-refractivity contribution in [1.29, 1.82) is 0 Å². The summed E-state index contributed by atoms with van der Waals surface area (Å²) in [6.45, 7) is 0. The molecule has 3 nitrogen and oxygen atoms in total. The van der Waals surface area contributed by atoms with Gasteiger partial charge in [-0.2, -0.15) is 0 Å². The van der Waals surface area contributed by atoms with Gasteiger partial charge in [0, 0.05) is 10.7 Å². The lowest BCUT2D eigenvalue weighted by Crippen LogP contribution is -2.10. The van der Waals surface area contributed by atoms with E-state index >= 15 is 0 Å². The van der Waals surface area contributed by atoms with Crippen molar-refractivity contribution in [2.24, 2.45) is 0 Å². The molecule has 0 spiro atoms. The van der Waals surface area contributed by atoms with E-state index in [1.54, 1.807) is 6.20 Å². The number of nitrogens with one attached hydrogen (secondary N) is 1. The molecule has 19 heavy (non-hydrogen) atoms. The molecule has 0 saturated heterocycles. The number of H-pyrrole nitrogens is 1. The Kier molecular flexibility index (Phi) is 2.30. The fraction of sp³-hybridized carbons (Fsp3) is 0.200. The predicted octanol–water partition coefficient (Wildman–Crippen LogP) is 3.80. The smallest absolute Gasteiger partial charge is 0.177 e. The molecule has 0 amide bonds. The third-order valence-electron chi connectivity index (χ3n) is 3.83. The minimum atomic E-state index is 0.0778. The van der Waals surface area contributed by atoms with Gasteiger partial charge in [0.2, 0.25) is 0 Å². The molecule has 2 heterocycles. The second-order valence-corrected chi connectivity index (χ2v) is 5.97. The highest BCUT2D eigenvalue weighted by atomic mass is 79.9. The zero-order valence-electron chi connectivity index (χ0n) is 10.2. The van der Waals surface area contributed by atoms with Gasteiger partial charge >= 0.3 is 0 Å². The molecule has 4 rings (SSSR count). The van der Waals surface area contributed by atoms with Crippen LogP contribution in [-0.2, 0) is 5.41 Å². The lowest BCUT2D eigenvalue weighted by Gasteiger charge is -2.12. The van der Waals surface area contributed by atoms with Crippen LogP contribution in [-0.4, -0.2) is 15.0 Å². The van der Waals surface area contributed by atoms with Gasteiger partial charge in [-0.25, -0.2) is 9.97 Å². The molecule has 0 atom stereocenters. The minimum Gasteiger partial charge on any atom is -0.340 e. The second-order valence-electron chi connectivity index (χ2n) is 5.06. The summed E-state index contributed by atoms with van der Waals surface area (Å²) >= 11 is 3.44. The molecule has 0 unspecified atom stereocenters. The van der Waals surface area contributed by atoms with Crippen molar-refractivity contribution in [2.75, 3.05) is 0 Å². The van der Waals surface area contributed by atoms with Crippen LogP contribution in [0.5, 0.6) is 0 Å². The van der Waals surface area contributed by atoms with Gasteiger partial charge in [0.25, 0.3) is 0 Å². The zero-order valence-corrected chi connectivity index (χ0v) is 11.8. The Morgan fingerprint density at radius 2 is 1.95 bits per heavy atom. The Morgan fingerprint density at radius 1 is 1.16 bits per heavy atom. The number of aromatic nitrogens is 3. The first-order valence-corrected chi connectivity index (χ1v) is 7.14. The van der Waals surface area contributed by atoms with Gasteiger partial charge in [-0.15, -0.1) is 0 Å².